The number of ether oxygens (including phenoxy) is 2. The van der Waals surface area contributed by atoms with Crippen LogP contribution < -0.4 is 5.01 Å². The molecule has 0 N–H and O–H groups in total. The van der Waals surface area contributed by atoms with Gasteiger partial charge in [-0.15, -0.1) is 0 Å². The van der Waals surface area contributed by atoms with Crippen LogP contribution in [0.5, 0.6) is 0 Å². The molecule has 1 aliphatic heterocycles. The van der Waals surface area contributed by atoms with Crippen LogP contribution >= 0.6 is 0 Å². The Labute approximate surface area is 151 Å². The fraction of sp³-hybridized carbons (Fsp3) is 0.444. The van der Waals surface area contributed by atoms with E-state index in [0.717, 1.165) is 6.42 Å². The number of esters is 1. The van der Waals surface area contributed by atoms with E-state index < -0.39 is 17.7 Å². The van der Waals surface area contributed by atoms with Crippen LogP contribution in [0.4, 0.5) is 10.1 Å². The van der Waals surface area contributed by atoms with Crippen molar-refractivity contribution >= 4 is 29.0 Å². The molecule has 0 fully saturated rings. The smallest absolute Gasteiger partial charge is 0.311 e. The number of benzene rings is 1. The first-order chi connectivity index (χ1) is 12.5. The molecule has 140 valence electrons. The van der Waals surface area contributed by atoms with Crippen LogP contribution in [-0.4, -0.2) is 50.7 Å². The highest BCUT2D eigenvalue weighted by atomic mass is 19.1. The zero-order valence-electron chi connectivity index (χ0n) is 15.1. The number of carbonyl (C=O) groups excluding carboxylic acids is 2. The second-order valence-electron chi connectivity index (χ2n) is 5.77. The van der Waals surface area contributed by atoms with Crippen LogP contribution in [0.1, 0.15) is 19.8 Å². The number of amides is 1. The number of nitrogens with zero attached hydrogens (tertiary/aromatic N) is 3. The highest BCUT2D eigenvalue weighted by Gasteiger charge is 2.39. The minimum absolute atomic E-state index is 0.116. The molecule has 0 aliphatic carbocycles. The van der Waals surface area contributed by atoms with E-state index in [9.17, 15) is 14.0 Å². The predicted molar refractivity (Wildman–Crippen MR) is 95.9 cm³/mol. The molecule has 0 saturated heterocycles. The van der Waals surface area contributed by atoms with Gasteiger partial charge < -0.3 is 9.47 Å². The third-order valence-corrected chi connectivity index (χ3v) is 3.93. The van der Waals surface area contributed by atoms with Crippen LogP contribution in [0.15, 0.2) is 34.4 Å². The Kier molecular flexibility index (Phi) is 6.97. The Morgan fingerprint density at radius 3 is 2.62 bits per heavy atom. The molecule has 0 aromatic heterocycles. The molecule has 0 bridgehead atoms. The number of rotatable bonds is 8. The molecular weight excluding hydrogens is 341 g/mol. The summed E-state index contributed by atoms with van der Waals surface area (Å²) < 4.78 is 22.8. The third kappa shape index (κ3) is 4.72. The van der Waals surface area contributed by atoms with Crippen molar-refractivity contribution in [2.75, 3.05) is 32.4 Å². The molecule has 1 heterocycles. The minimum atomic E-state index is -0.735. The molecule has 2 rings (SSSR count). The number of halogens is 1. The van der Waals surface area contributed by atoms with E-state index in [4.69, 9.17) is 4.74 Å². The molecule has 0 saturated carbocycles. The average Bonchev–Trinajstić information content (AvgIpc) is 2.95. The van der Waals surface area contributed by atoms with E-state index in [2.05, 4.69) is 14.8 Å². The maximum atomic E-state index is 13.1. The SMILES string of the molecule is COCCCN=C(C)C1C(=O)N(c2ccc(F)cc2)N=C1CC(=O)OC. The van der Waals surface area contributed by atoms with Crippen LogP contribution in [-0.2, 0) is 19.1 Å². The number of carbonyl (C=O) groups is 2. The highest BCUT2D eigenvalue weighted by molar-refractivity contribution is 6.30. The van der Waals surface area contributed by atoms with Crippen molar-refractivity contribution in [1.82, 2.24) is 0 Å². The zero-order valence-corrected chi connectivity index (χ0v) is 15.1. The van der Waals surface area contributed by atoms with Crippen LogP contribution in [0, 0.1) is 11.7 Å². The van der Waals surface area contributed by atoms with Gasteiger partial charge in [-0.1, -0.05) is 0 Å². The fourth-order valence-corrected chi connectivity index (χ4v) is 2.60. The Morgan fingerprint density at radius 2 is 2.00 bits per heavy atom. The van der Waals surface area contributed by atoms with Crippen LogP contribution in [0.25, 0.3) is 0 Å². The van der Waals surface area contributed by atoms with E-state index in [1.807, 2.05) is 0 Å². The first-order valence-corrected chi connectivity index (χ1v) is 8.21. The summed E-state index contributed by atoms with van der Waals surface area (Å²) in [5, 5.41) is 5.45. The van der Waals surface area contributed by atoms with Crippen molar-refractivity contribution in [3.05, 3.63) is 30.1 Å². The molecular formula is C18H22FN3O4. The van der Waals surface area contributed by atoms with Crippen molar-refractivity contribution < 1.29 is 23.5 Å². The van der Waals surface area contributed by atoms with E-state index in [0.29, 0.717) is 30.3 Å². The van der Waals surface area contributed by atoms with E-state index in [1.165, 1.54) is 36.4 Å². The Morgan fingerprint density at radius 1 is 1.31 bits per heavy atom. The Bertz CT molecular complexity index is 716. The first-order valence-electron chi connectivity index (χ1n) is 8.21. The molecule has 7 nitrogen and oxygen atoms in total. The maximum Gasteiger partial charge on any atom is 0.311 e. The highest BCUT2D eigenvalue weighted by Crippen LogP contribution is 2.26. The number of hydrazone groups is 1. The van der Waals surface area contributed by atoms with Crippen molar-refractivity contribution in [2.24, 2.45) is 16.0 Å². The lowest BCUT2D eigenvalue weighted by Gasteiger charge is -2.14. The molecule has 0 radical (unpaired) electrons. The van der Waals surface area contributed by atoms with Gasteiger partial charge in [-0.05, 0) is 37.6 Å². The largest absolute Gasteiger partial charge is 0.469 e. The molecule has 1 aromatic rings. The standard InChI is InChI=1S/C18H22FN3O4/c1-12(20-9-4-10-25-2)17-15(11-16(23)26-3)21-22(18(17)24)14-7-5-13(19)6-8-14/h5-8,17H,4,9-11H2,1-3H3. The Hall–Kier alpha value is -2.61. The lowest BCUT2D eigenvalue weighted by molar-refractivity contribution is -0.139. The number of hydrogen-bond donors (Lipinski definition) is 0. The van der Waals surface area contributed by atoms with Crippen molar-refractivity contribution in [3.8, 4) is 0 Å². The summed E-state index contributed by atoms with van der Waals surface area (Å²) in [6.07, 6.45) is 0.607. The van der Waals surface area contributed by atoms with Gasteiger partial charge in [-0.3, -0.25) is 14.6 Å². The predicted octanol–water partition coefficient (Wildman–Crippen LogP) is 2.21. The molecule has 1 unspecified atom stereocenters. The van der Waals surface area contributed by atoms with Gasteiger partial charge in [0.05, 0.1) is 24.9 Å². The van der Waals surface area contributed by atoms with E-state index >= 15 is 0 Å². The second kappa shape index (κ2) is 9.19. The molecule has 26 heavy (non-hydrogen) atoms. The average molecular weight is 363 g/mol. The van der Waals surface area contributed by atoms with Gasteiger partial charge in [0.25, 0.3) is 5.91 Å². The molecule has 1 atom stereocenters. The third-order valence-electron chi connectivity index (χ3n) is 3.93. The quantitative estimate of drug-likeness (QED) is 0.403. The fourth-order valence-electron chi connectivity index (χ4n) is 2.60. The van der Waals surface area contributed by atoms with Crippen LogP contribution in [0.3, 0.4) is 0 Å². The number of aliphatic imine (C=N–C) groups is 1. The lowest BCUT2D eigenvalue weighted by Crippen LogP contribution is -2.33. The summed E-state index contributed by atoms with van der Waals surface area (Å²) in [4.78, 5) is 29.0. The van der Waals surface area contributed by atoms with Gasteiger partial charge in [0.1, 0.15) is 11.7 Å². The van der Waals surface area contributed by atoms with Crippen LogP contribution in [0.2, 0.25) is 0 Å². The molecule has 8 heteroatoms. The monoisotopic (exact) mass is 363 g/mol. The van der Waals surface area contributed by atoms with E-state index in [-0.39, 0.29) is 12.3 Å². The molecule has 0 spiro atoms. The zero-order chi connectivity index (χ0) is 19.1. The summed E-state index contributed by atoms with van der Waals surface area (Å²) in [5.74, 6) is -1.97. The van der Waals surface area contributed by atoms with Gasteiger partial charge in [-0.25, -0.2) is 4.39 Å². The van der Waals surface area contributed by atoms with Crippen molar-refractivity contribution in [3.63, 3.8) is 0 Å². The van der Waals surface area contributed by atoms with Crippen molar-refractivity contribution in [1.29, 1.82) is 0 Å². The normalized spacial score (nSPS) is 17.5. The summed E-state index contributed by atoms with van der Waals surface area (Å²) >= 11 is 0. The van der Waals surface area contributed by atoms with Gasteiger partial charge >= 0.3 is 5.97 Å². The summed E-state index contributed by atoms with van der Waals surface area (Å²) in [7, 11) is 2.89. The molecule has 1 amide bonds. The van der Waals surface area contributed by atoms with Gasteiger partial charge in [0.15, 0.2) is 0 Å². The summed E-state index contributed by atoms with van der Waals surface area (Å²) in [6.45, 7) is 2.81. The van der Waals surface area contributed by atoms with Gasteiger partial charge in [0, 0.05) is 26.0 Å². The van der Waals surface area contributed by atoms with E-state index in [1.54, 1.807) is 14.0 Å². The first kappa shape index (κ1) is 19.7. The number of anilines is 1. The minimum Gasteiger partial charge on any atom is -0.469 e. The Balaban J connectivity index is 2.26. The summed E-state index contributed by atoms with van der Waals surface area (Å²) in [6, 6.07) is 5.41. The lowest BCUT2D eigenvalue weighted by atomic mass is 9.96. The molecule has 1 aliphatic rings. The number of hydrogen-bond acceptors (Lipinski definition) is 6. The molecule has 1 aromatic carbocycles. The topological polar surface area (TPSA) is 80.6 Å². The number of methoxy groups -OCH3 is 2. The summed E-state index contributed by atoms with van der Waals surface area (Å²) in [5.41, 5.74) is 1.35. The second-order valence-corrected chi connectivity index (χ2v) is 5.77. The van der Waals surface area contributed by atoms with Gasteiger partial charge in [-0.2, -0.15) is 10.1 Å². The maximum absolute atomic E-state index is 13.1. The van der Waals surface area contributed by atoms with Crippen molar-refractivity contribution in [2.45, 2.75) is 19.8 Å². The van der Waals surface area contributed by atoms with Gasteiger partial charge in [0.2, 0.25) is 0 Å².